The molecule has 1 fully saturated rings. The van der Waals surface area contributed by atoms with Crippen molar-refractivity contribution in [3.05, 3.63) is 64.0 Å². The Bertz CT molecular complexity index is 1140. The summed E-state index contributed by atoms with van der Waals surface area (Å²) in [5, 5.41) is 15.5. The fourth-order valence-electron chi connectivity index (χ4n) is 4.07. The number of nitrogens with one attached hydrogen (secondary N) is 1. The molecule has 0 radical (unpaired) electrons. The lowest BCUT2D eigenvalue weighted by molar-refractivity contribution is -0.383. The normalized spacial score (nSPS) is 14.5. The van der Waals surface area contributed by atoms with Crippen molar-refractivity contribution in [1.29, 1.82) is 0 Å². The van der Waals surface area contributed by atoms with E-state index >= 15 is 0 Å². The number of aryl methyl sites for hydroxylation is 1. The summed E-state index contributed by atoms with van der Waals surface area (Å²) in [6.07, 6.45) is 3.20. The van der Waals surface area contributed by atoms with Gasteiger partial charge in [-0.15, -0.1) is 0 Å². The highest BCUT2D eigenvalue weighted by atomic mass is 16.6. The Hall–Kier alpha value is -3.75. The van der Waals surface area contributed by atoms with Gasteiger partial charge in [0, 0.05) is 60.1 Å². The molecule has 9 heteroatoms. The molecule has 1 aliphatic rings. The number of nitro groups is 1. The Kier molecular flexibility index (Phi) is 5.66. The number of carbonyl (C=O) groups is 1. The highest BCUT2D eigenvalue weighted by Crippen LogP contribution is 2.31. The van der Waals surface area contributed by atoms with Gasteiger partial charge in [0.2, 0.25) is 5.91 Å². The van der Waals surface area contributed by atoms with Crippen molar-refractivity contribution in [3.63, 3.8) is 0 Å². The monoisotopic (exact) mass is 420 g/mol. The summed E-state index contributed by atoms with van der Waals surface area (Å²) in [6.45, 7) is 3.77. The molecule has 0 aliphatic carbocycles. The van der Waals surface area contributed by atoms with E-state index in [0.717, 1.165) is 43.0 Å². The maximum Gasteiger partial charge on any atom is 0.295 e. The molecule has 0 bridgehead atoms. The van der Waals surface area contributed by atoms with Crippen LogP contribution in [0.2, 0.25) is 0 Å². The van der Waals surface area contributed by atoms with Crippen molar-refractivity contribution in [3.8, 4) is 0 Å². The summed E-state index contributed by atoms with van der Waals surface area (Å²) in [5.74, 6) is 0.555. The maximum atomic E-state index is 11.5. The highest BCUT2D eigenvalue weighted by Gasteiger charge is 2.25. The van der Waals surface area contributed by atoms with Gasteiger partial charge in [-0.3, -0.25) is 14.9 Å². The van der Waals surface area contributed by atoms with Crippen LogP contribution >= 0.6 is 0 Å². The molecule has 4 rings (SSSR count). The molecule has 31 heavy (non-hydrogen) atoms. The summed E-state index contributed by atoms with van der Waals surface area (Å²) in [5.41, 5.74) is 8.30. The lowest BCUT2D eigenvalue weighted by atomic mass is 9.96. The smallest absolute Gasteiger partial charge is 0.295 e. The summed E-state index contributed by atoms with van der Waals surface area (Å²) < 4.78 is 0. The third-order valence-corrected chi connectivity index (χ3v) is 5.68. The topological polar surface area (TPSA) is 127 Å². The SMILES string of the molecule is Cc1cc(NCc2cccnc2N2CCC(C(N)=O)CC2)c2cccc([N+](=O)[O-])c2n1. The van der Waals surface area contributed by atoms with Gasteiger partial charge >= 0.3 is 0 Å². The molecule has 0 saturated carbocycles. The standard InChI is InChI=1S/C22H24N6O3/c1-14-12-18(17-5-2-6-19(28(30)31)20(17)26-14)25-13-16-4-3-9-24-22(16)27-10-7-15(8-11-27)21(23)29/h2-6,9,12,15H,7-8,10-11,13H2,1H3,(H2,23,29)(H,25,26). The number of para-hydroxylation sites is 1. The van der Waals surface area contributed by atoms with E-state index in [0.29, 0.717) is 23.1 Å². The third kappa shape index (κ3) is 4.25. The Morgan fingerprint density at radius 3 is 2.77 bits per heavy atom. The van der Waals surface area contributed by atoms with Crippen LogP contribution in [0.4, 0.5) is 17.2 Å². The van der Waals surface area contributed by atoms with Gasteiger partial charge in [-0.05, 0) is 31.9 Å². The van der Waals surface area contributed by atoms with Gasteiger partial charge in [0.15, 0.2) is 5.52 Å². The number of amides is 1. The molecule has 2 aromatic heterocycles. The van der Waals surface area contributed by atoms with Gasteiger partial charge < -0.3 is 16.0 Å². The molecule has 0 unspecified atom stereocenters. The predicted octanol–water partition coefficient (Wildman–Crippen LogP) is 3.16. The zero-order valence-electron chi connectivity index (χ0n) is 17.2. The fraction of sp³-hybridized carbons (Fsp3) is 0.318. The Balaban J connectivity index is 1.58. The Morgan fingerprint density at radius 2 is 2.06 bits per heavy atom. The maximum absolute atomic E-state index is 11.5. The van der Waals surface area contributed by atoms with Crippen LogP contribution in [0.5, 0.6) is 0 Å². The zero-order valence-corrected chi connectivity index (χ0v) is 17.2. The lowest BCUT2D eigenvalue weighted by Crippen LogP contribution is -2.39. The van der Waals surface area contributed by atoms with E-state index in [1.54, 1.807) is 12.3 Å². The number of primary amides is 1. The van der Waals surface area contributed by atoms with E-state index in [-0.39, 0.29) is 17.5 Å². The van der Waals surface area contributed by atoms with Gasteiger partial charge in [0.05, 0.1) is 4.92 Å². The Labute approximate surface area is 179 Å². The minimum atomic E-state index is -0.409. The molecule has 3 N–H and O–H groups in total. The molecule has 1 aliphatic heterocycles. The average molecular weight is 420 g/mol. The minimum absolute atomic E-state index is 0.0105. The van der Waals surface area contributed by atoms with E-state index in [1.165, 1.54) is 6.07 Å². The van der Waals surface area contributed by atoms with E-state index in [4.69, 9.17) is 5.73 Å². The van der Waals surface area contributed by atoms with Crippen LogP contribution in [0.1, 0.15) is 24.1 Å². The number of nitrogens with two attached hydrogens (primary N) is 1. The number of anilines is 2. The van der Waals surface area contributed by atoms with Gasteiger partial charge in [0.25, 0.3) is 5.69 Å². The first-order valence-electron chi connectivity index (χ1n) is 10.2. The van der Waals surface area contributed by atoms with E-state index in [1.807, 2.05) is 31.2 Å². The quantitative estimate of drug-likeness (QED) is 0.463. The van der Waals surface area contributed by atoms with Crippen molar-refractivity contribution in [2.45, 2.75) is 26.3 Å². The molecule has 160 valence electrons. The molecular formula is C22H24N6O3. The fourth-order valence-corrected chi connectivity index (χ4v) is 4.07. The number of pyridine rings is 2. The number of nitrogens with zero attached hydrogens (tertiary/aromatic N) is 4. The Morgan fingerprint density at radius 1 is 1.29 bits per heavy atom. The molecule has 1 aromatic carbocycles. The molecule has 1 amide bonds. The summed E-state index contributed by atoms with van der Waals surface area (Å²) in [7, 11) is 0. The third-order valence-electron chi connectivity index (χ3n) is 5.68. The largest absolute Gasteiger partial charge is 0.380 e. The number of benzene rings is 1. The molecule has 9 nitrogen and oxygen atoms in total. The first kappa shape index (κ1) is 20.5. The zero-order chi connectivity index (χ0) is 22.0. The number of hydrogen-bond acceptors (Lipinski definition) is 7. The highest BCUT2D eigenvalue weighted by molar-refractivity contribution is 5.96. The lowest BCUT2D eigenvalue weighted by Gasteiger charge is -2.32. The van der Waals surface area contributed by atoms with Crippen molar-refractivity contribution >= 4 is 34.0 Å². The number of piperidine rings is 1. The number of aromatic nitrogens is 2. The molecule has 0 spiro atoms. The second-order valence-corrected chi connectivity index (χ2v) is 7.74. The number of nitro benzene ring substituents is 1. The summed E-state index contributed by atoms with van der Waals surface area (Å²) >= 11 is 0. The van der Waals surface area contributed by atoms with E-state index in [2.05, 4.69) is 20.2 Å². The summed E-state index contributed by atoms with van der Waals surface area (Å²) in [6, 6.07) is 10.7. The van der Waals surface area contributed by atoms with E-state index in [9.17, 15) is 14.9 Å². The van der Waals surface area contributed by atoms with Crippen molar-refractivity contribution in [2.75, 3.05) is 23.3 Å². The summed E-state index contributed by atoms with van der Waals surface area (Å²) in [4.78, 5) is 33.6. The van der Waals surface area contributed by atoms with Gasteiger partial charge in [-0.1, -0.05) is 18.2 Å². The predicted molar refractivity (Wildman–Crippen MR) is 119 cm³/mol. The van der Waals surface area contributed by atoms with Crippen LogP contribution < -0.4 is 16.0 Å². The number of hydrogen-bond donors (Lipinski definition) is 2. The second kappa shape index (κ2) is 8.55. The van der Waals surface area contributed by atoms with Gasteiger partial charge in [0.1, 0.15) is 5.82 Å². The average Bonchev–Trinajstić information content (AvgIpc) is 2.77. The van der Waals surface area contributed by atoms with Crippen LogP contribution in [-0.2, 0) is 11.3 Å². The molecular weight excluding hydrogens is 396 g/mol. The second-order valence-electron chi connectivity index (χ2n) is 7.74. The molecule has 1 saturated heterocycles. The first-order valence-corrected chi connectivity index (χ1v) is 10.2. The van der Waals surface area contributed by atoms with Crippen molar-refractivity contribution in [2.24, 2.45) is 11.7 Å². The number of carbonyl (C=O) groups excluding carboxylic acids is 1. The molecule has 3 heterocycles. The molecule has 0 atom stereocenters. The number of rotatable bonds is 6. The van der Waals surface area contributed by atoms with Crippen LogP contribution in [-0.4, -0.2) is 33.9 Å². The number of non-ortho nitro benzene ring substituents is 1. The van der Waals surface area contributed by atoms with Crippen molar-refractivity contribution < 1.29 is 9.72 Å². The number of fused-ring (bicyclic) bond motifs is 1. The van der Waals surface area contributed by atoms with Gasteiger partial charge in [-0.2, -0.15) is 0 Å². The van der Waals surface area contributed by atoms with Crippen LogP contribution in [0.15, 0.2) is 42.6 Å². The van der Waals surface area contributed by atoms with Crippen molar-refractivity contribution in [1.82, 2.24) is 9.97 Å². The van der Waals surface area contributed by atoms with Crippen LogP contribution in [0.3, 0.4) is 0 Å². The van der Waals surface area contributed by atoms with Gasteiger partial charge in [-0.25, -0.2) is 9.97 Å². The minimum Gasteiger partial charge on any atom is -0.380 e. The van der Waals surface area contributed by atoms with Crippen LogP contribution in [0.25, 0.3) is 10.9 Å². The van der Waals surface area contributed by atoms with E-state index < -0.39 is 4.92 Å². The van der Waals surface area contributed by atoms with Crippen LogP contribution in [0, 0.1) is 23.0 Å². The first-order chi connectivity index (χ1) is 14.9. The molecule has 3 aromatic rings.